The van der Waals surface area contributed by atoms with Crippen LogP contribution in [-0.2, 0) is 17.7 Å². The molecule has 0 radical (unpaired) electrons. The van der Waals surface area contributed by atoms with E-state index in [1.54, 1.807) is 11.8 Å². The molecule has 0 atom stereocenters. The molecule has 1 aromatic rings. The molecule has 108 valence electrons. The van der Waals surface area contributed by atoms with Gasteiger partial charge in [0.2, 0.25) is 0 Å². The summed E-state index contributed by atoms with van der Waals surface area (Å²) in [5.74, 6) is 1.41. The summed E-state index contributed by atoms with van der Waals surface area (Å²) in [4.78, 5) is 2.40. The summed E-state index contributed by atoms with van der Waals surface area (Å²) in [5, 5.41) is 0. The predicted octanol–water partition coefficient (Wildman–Crippen LogP) is 4.23. The van der Waals surface area contributed by atoms with Crippen molar-refractivity contribution < 1.29 is 4.74 Å². The summed E-state index contributed by atoms with van der Waals surface area (Å²) < 4.78 is 5.43. The predicted molar refractivity (Wildman–Crippen MR) is 84.6 cm³/mol. The summed E-state index contributed by atoms with van der Waals surface area (Å²) in [6.07, 6.45) is 4.70. The fourth-order valence-corrected chi connectivity index (χ4v) is 2.82. The molecular weight excluding hydrogens is 246 g/mol. The zero-order chi connectivity index (χ0) is 14.5. The minimum atomic E-state index is 0.601. The van der Waals surface area contributed by atoms with Crippen LogP contribution in [0.2, 0.25) is 0 Å². The molecule has 0 fully saturated rings. The molecule has 1 aliphatic rings. The monoisotopic (exact) mass is 271 g/mol. The lowest BCUT2D eigenvalue weighted by Crippen LogP contribution is -2.32. The molecule has 2 rings (SSSR count). The van der Waals surface area contributed by atoms with Crippen LogP contribution in [0.5, 0.6) is 0 Å². The van der Waals surface area contributed by atoms with Crippen molar-refractivity contribution in [3.8, 4) is 0 Å². The van der Waals surface area contributed by atoms with Gasteiger partial charge >= 0.3 is 0 Å². The van der Waals surface area contributed by atoms with E-state index in [1.165, 1.54) is 11.1 Å². The summed E-state index contributed by atoms with van der Waals surface area (Å²) in [7, 11) is 0. The smallest absolute Gasteiger partial charge is 0.110 e. The van der Waals surface area contributed by atoms with Gasteiger partial charge in [0.1, 0.15) is 5.76 Å². The Kier molecular flexibility index (Phi) is 5.02. The molecule has 0 bridgehead atoms. The molecule has 0 aromatic heterocycles. The second-order valence-electron chi connectivity index (χ2n) is 5.73. The second-order valence-corrected chi connectivity index (χ2v) is 5.73. The lowest BCUT2D eigenvalue weighted by atomic mass is 9.89. The van der Waals surface area contributed by atoms with Gasteiger partial charge in [-0.25, -0.2) is 0 Å². The van der Waals surface area contributed by atoms with E-state index in [1.807, 2.05) is 13.0 Å². The molecule has 1 aliphatic heterocycles. The van der Waals surface area contributed by atoms with Crippen LogP contribution in [0.1, 0.15) is 43.4 Å². The van der Waals surface area contributed by atoms with E-state index in [2.05, 4.69) is 43.5 Å². The molecule has 0 amide bonds. The molecule has 0 spiro atoms. The molecule has 2 heteroatoms. The third kappa shape index (κ3) is 3.51. The maximum Gasteiger partial charge on any atom is 0.110 e. The highest BCUT2D eigenvalue weighted by Crippen LogP contribution is 2.27. The van der Waals surface area contributed by atoms with E-state index >= 15 is 0 Å². The van der Waals surface area contributed by atoms with Gasteiger partial charge in [-0.05, 0) is 36.0 Å². The Bertz CT molecular complexity index is 502. The summed E-state index contributed by atoms with van der Waals surface area (Å²) in [6.45, 7) is 13.3. The maximum atomic E-state index is 5.43. The lowest BCUT2D eigenvalue weighted by molar-refractivity contribution is 0.223. The van der Waals surface area contributed by atoms with E-state index in [0.717, 1.165) is 31.8 Å². The zero-order valence-electron chi connectivity index (χ0n) is 12.9. The van der Waals surface area contributed by atoms with Crippen LogP contribution in [0.25, 0.3) is 0 Å². The number of allylic oxidation sites excluding steroid dienone is 1. The van der Waals surface area contributed by atoms with Gasteiger partial charge in [-0.2, -0.15) is 0 Å². The Morgan fingerprint density at radius 3 is 2.95 bits per heavy atom. The third-order valence-corrected chi connectivity index (χ3v) is 3.77. The number of fused-ring (bicyclic) bond motifs is 1. The zero-order valence-corrected chi connectivity index (χ0v) is 12.9. The van der Waals surface area contributed by atoms with Gasteiger partial charge in [-0.3, -0.25) is 4.90 Å². The topological polar surface area (TPSA) is 12.5 Å². The molecule has 0 N–H and O–H groups in total. The maximum absolute atomic E-state index is 5.43. The second kappa shape index (κ2) is 6.76. The first-order valence-corrected chi connectivity index (χ1v) is 7.40. The quantitative estimate of drug-likeness (QED) is 0.743. The Labute approximate surface area is 122 Å². The van der Waals surface area contributed by atoms with E-state index in [-0.39, 0.29) is 0 Å². The largest absolute Gasteiger partial charge is 0.469 e. The normalized spacial score (nSPS) is 15.6. The first kappa shape index (κ1) is 14.9. The van der Waals surface area contributed by atoms with Crippen molar-refractivity contribution in [1.82, 2.24) is 4.90 Å². The van der Waals surface area contributed by atoms with Crippen LogP contribution in [-0.4, -0.2) is 18.0 Å². The fraction of sp³-hybridized carbons (Fsp3) is 0.444. The third-order valence-electron chi connectivity index (χ3n) is 3.77. The van der Waals surface area contributed by atoms with Gasteiger partial charge in [-0.1, -0.05) is 44.7 Å². The minimum absolute atomic E-state index is 0.601. The highest BCUT2D eigenvalue weighted by Gasteiger charge is 2.20. The number of hydrogen-bond acceptors (Lipinski definition) is 2. The van der Waals surface area contributed by atoms with E-state index < -0.39 is 0 Å². The fourth-order valence-electron chi connectivity index (χ4n) is 2.82. The van der Waals surface area contributed by atoms with Crippen molar-refractivity contribution in [2.45, 2.75) is 39.7 Å². The first-order valence-electron chi connectivity index (χ1n) is 7.40. The van der Waals surface area contributed by atoms with Gasteiger partial charge in [-0.15, -0.1) is 0 Å². The summed E-state index contributed by atoms with van der Waals surface area (Å²) in [5.41, 5.74) is 4.52. The average Bonchev–Trinajstić information content (AvgIpc) is 2.44. The molecule has 0 aliphatic carbocycles. The number of ether oxygens (including phenoxy) is 1. The molecule has 1 heterocycles. The highest BCUT2D eigenvalue weighted by atomic mass is 16.5. The number of benzene rings is 1. The van der Waals surface area contributed by atoms with Crippen molar-refractivity contribution in [3.05, 3.63) is 59.6 Å². The average molecular weight is 271 g/mol. The summed E-state index contributed by atoms with van der Waals surface area (Å²) >= 11 is 0. The molecule has 2 nitrogen and oxygen atoms in total. The van der Waals surface area contributed by atoms with Crippen molar-refractivity contribution in [2.24, 2.45) is 0 Å². The van der Waals surface area contributed by atoms with Crippen LogP contribution in [0.4, 0.5) is 0 Å². The molecule has 20 heavy (non-hydrogen) atoms. The van der Waals surface area contributed by atoms with E-state index in [9.17, 15) is 0 Å². The van der Waals surface area contributed by atoms with E-state index in [0.29, 0.717) is 5.92 Å². The minimum Gasteiger partial charge on any atom is -0.469 e. The highest BCUT2D eigenvalue weighted by molar-refractivity contribution is 5.38. The van der Waals surface area contributed by atoms with Crippen molar-refractivity contribution in [1.29, 1.82) is 0 Å². The van der Waals surface area contributed by atoms with Crippen LogP contribution in [0.3, 0.4) is 0 Å². The van der Waals surface area contributed by atoms with Crippen LogP contribution in [0.15, 0.2) is 42.9 Å². The van der Waals surface area contributed by atoms with Gasteiger partial charge in [0.15, 0.2) is 0 Å². The van der Waals surface area contributed by atoms with Crippen molar-refractivity contribution in [2.75, 3.05) is 13.1 Å². The van der Waals surface area contributed by atoms with Crippen LogP contribution in [0, 0.1) is 0 Å². The molecule has 0 saturated carbocycles. The molecule has 0 unspecified atom stereocenters. The molecule has 0 saturated heterocycles. The Morgan fingerprint density at radius 2 is 2.25 bits per heavy atom. The van der Waals surface area contributed by atoms with Crippen molar-refractivity contribution in [3.63, 3.8) is 0 Å². The first-order chi connectivity index (χ1) is 9.61. The number of hydrogen-bond donors (Lipinski definition) is 0. The van der Waals surface area contributed by atoms with E-state index in [4.69, 9.17) is 4.74 Å². The number of nitrogens with zero attached hydrogens (tertiary/aromatic N) is 1. The number of rotatable bonds is 5. The standard InChI is InChI=1S/C18H25NO/c1-5-11-20-15(4)12-19-10-9-18-16(13-19)7-6-8-17(18)14(2)3/h5-8,11,14H,4,9-10,12-13H2,1-3H3/b11-5-. The lowest BCUT2D eigenvalue weighted by Gasteiger charge is -2.30. The van der Waals surface area contributed by atoms with Crippen LogP contribution >= 0.6 is 0 Å². The molecule has 1 aromatic carbocycles. The molecular formula is C18H25NO. The summed E-state index contributed by atoms with van der Waals surface area (Å²) in [6, 6.07) is 6.71. The van der Waals surface area contributed by atoms with Crippen molar-refractivity contribution >= 4 is 0 Å². The van der Waals surface area contributed by atoms with Gasteiger partial charge in [0, 0.05) is 13.1 Å². The van der Waals surface area contributed by atoms with Gasteiger partial charge in [0.25, 0.3) is 0 Å². The van der Waals surface area contributed by atoms with Crippen LogP contribution < -0.4 is 0 Å². The Morgan fingerprint density at radius 1 is 1.45 bits per heavy atom. The Balaban J connectivity index is 2.04. The Hall–Kier alpha value is -1.54. The van der Waals surface area contributed by atoms with Gasteiger partial charge < -0.3 is 4.74 Å². The van der Waals surface area contributed by atoms with Gasteiger partial charge in [0.05, 0.1) is 12.8 Å². The SMILES string of the molecule is C=C(CN1CCc2c(cccc2C(C)C)C1)O/C=C\C.